The van der Waals surface area contributed by atoms with Crippen molar-refractivity contribution in [2.75, 3.05) is 24.2 Å². The molecule has 1 fully saturated rings. The van der Waals surface area contributed by atoms with Crippen LogP contribution in [0, 0.1) is 0 Å². The van der Waals surface area contributed by atoms with E-state index < -0.39 is 10.0 Å². The third-order valence-corrected chi connectivity index (χ3v) is 7.96. The van der Waals surface area contributed by atoms with Crippen LogP contribution in [0.5, 0.6) is 0 Å². The highest BCUT2D eigenvalue weighted by molar-refractivity contribution is 7.89. The Kier molecular flexibility index (Phi) is 5.84. The van der Waals surface area contributed by atoms with Gasteiger partial charge in [-0.15, -0.1) is 0 Å². The van der Waals surface area contributed by atoms with Gasteiger partial charge in [-0.2, -0.15) is 4.98 Å². The lowest BCUT2D eigenvalue weighted by Gasteiger charge is -2.35. The number of carbonyl (C=O) groups excluding carboxylic acids is 1. The third-order valence-electron chi connectivity index (χ3n) is 5.62. The molecule has 34 heavy (non-hydrogen) atoms. The molecule has 12 heteroatoms. The summed E-state index contributed by atoms with van der Waals surface area (Å²) in [4.78, 5) is 21.5. The van der Waals surface area contributed by atoms with Gasteiger partial charge in [-0.1, -0.05) is 29.7 Å². The van der Waals surface area contributed by atoms with Crippen LogP contribution in [0.3, 0.4) is 0 Å². The summed E-state index contributed by atoms with van der Waals surface area (Å²) in [5, 5.41) is 7.19. The van der Waals surface area contributed by atoms with Gasteiger partial charge >= 0.3 is 0 Å². The smallest absolute Gasteiger partial charge is 0.274 e. The van der Waals surface area contributed by atoms with Crippen molar-refractivity contribution in [3.05, 3.63) is 65.4 Å². The van der Waals surface area contributed by atoms with Crippen molar-refractivity contribution in [3.8, 4) is 11.4 Å². The Morgan fingerprint density at radius 1 is 1.26 bits per heavy atom. The van der Waals surface area contributed by atoms with E-state index in [4.69, 9.17) is 16.1 Å². The summed E-state index contributed by atoms with van der Waals surface area (Å²) < 4.78 is 32.8. The molecule has 0 unspecified atom stereocenters. The number of halogens is 1. The molecular weight excluding hydrogens is 480 g/mol. The van der Waals surface area contributed by atoms with E-state index in [1.165, 1.54) is 10.5 Å². The number of hydrogen-bond donors (Lipinski definition) is 1. The second-order valence-corrected chi connectivity index (χ2v) is 10.5. The Balaban J connectivity index is 1.32. The maximum Gasteiger partial charge on any atom is 0.274 e. The monoisotopic (exact) mass is 500 g/mol. The molecule has 4 heterocycles. The number of pyridine rings is 1. The van der Waals surface area contributed by atoms with Crippen LogP contribution in [0.2, 0.25) is 5.02 Å². The highest BCUT2D eigenvalue weighted by Gasteiger charge is 2.39. The zero-order valence-corrected chi connectivity index (χ0v) is 19.8. The van der Waals surface area contributed by atoms with Crippen molar-refractivity contribution >= 4 is 38.9 Å². The molecule has 1 N–H and O–H groups in total. The van der Waals surface area contributed by atoms with Crippen molar-refractivity contribution in [2.45, 2.75) is 19.3 Å². The van der Waals surface area contributed by atoms with Gasteiger partial charge in [-0.05, 0) is 36.8 Å². The van der Waals surface area contributed by atoms with E-state index >= 15 is 0 Å². The highest BCUT2D eigenvalue weighted by atomic mass is 35.5. The van der Waals surface area contributed by atoms with Crippen molar-refractivity contribution < 1.29 is 17.7 Å². The lowest BCUT2D eigenvalue weighted by atomic mass is 10.0. The molecule has 1 saturated heterocycles. The minimum Gasteiger partial charge on any atom is -0.339 e. The molecule has 4 aromatic rings. The average Bonchev–Trinajstić information content (AvgIpc) is 3.41. The first kappa shape index (κ1) is 22.5. The molecule has 3 aromatic heterocycles. The molecular formula is C22H21ClN6O4S. The summed E-state index contributed by atoms with van der Waals surface area (Å²) >= 11 is 6.32. The third kappa shape index (κ3) is 4.17. The second kappa shape index (κ2) is 8.82. The number of anilines is 1. The van der Waals surface area contributed by atoms with Gasteiger partial charge in [0.25, 0.3) is 5.91 Å². The Hall–Kier alpha value is -3.28. The van der Waals surface area contributed by atoms with Crippen LogP contribution in [0.25, 0.3) is 17.0 Å². The SMILES string of the molecule is CCCS(=O)(=O)N1CC(c2nc(-c3ccc(Cl)c(NC(=O)c4cnc5ccccn45)c3)no2)C1. The molecule has 5 rings (SSSR count). The summed E-state index contributed by atoms with van der Waals surface area (Å²) in [6.45, 7) is 2.48. The van der Waals surface area contributed by atoms with Crippen LogP contribution >= 0.6 is 11.6 Å². The maximum absolute atomic E-state index is 12.9. The summed E-state index contributed by atoms with van der Waals surface area (Å²) in [6.07, 6.45) is 3.82. The molecule has 0 radical (unpaired) electrons. The summed E-state index contributed by atoms with van der Waals surface area (Å²) in [6, 6.07) is 10.5. The van der Waals surface area contributed by atoms with Crippen LogP contribution in [-0.4, -0.2) is 57.0 Å². The number of hydrogen-bond acceptors (Lipinski definition) is 7. The van der Waals surface area contributed by atoms with Gasteiger partial charge < -0.3 is 9.84 Å². The fourth-order valence-corrected chi connectivity index (χ4v) is 5.53. The van der Waals surface area contributed by atoms with E-state index in [9.17, 15) is 13.2 Å². The Morgan fingerprint density at radius 3 is 2.88 bits per heavy atom. The Morgan fingerprint density at radius 2 is 2.09 bits per heavy atom. The summed E-state index contributed by atoms with van der Waals surface area (Å²) in [5.41, 5.74) is 2.01. The topological polar surface area (TPSA) is 123 Å². The number of fused-ring (bicyclic) bond motifs is 1. The molecule has 0 atom stereocenters. The standard InChI is InChI=1S/C22H21ClN6O4S/c1-2-9-34(31,32)28-12-15(13-28)22-26-20(27-33-22)14-6-7-16(23)17(10-14)25-21(30)18-11-24-19-5-3-4-8-29(18)19/h3-8,10-11,15H,2,9,12-13H2,1H3,(H,25,30). The molecule has 0 aliphatic carbocycles. The zero-order valence-electron chi connectivity index (χ0n) is 18.2. The van der Waals surface area contributed by atoms with Gasteiger partial charge in [0.15, 0.2) is 0 Å². The fraction of sp³-hybridized carbons (Fsp3) is 0.273. The molecule has 1 aromatic carbocycles. The first-order chi connectivity index (χ1) is 16.4. The number of nitrogens with zero attached hydrogens (tertiary/aromatic N) is 5. The van der Waals surface area contributed by atoms with Crippen LogP contribution < -0.4 is 5.32 Å². The molecule has 1 aliphatic heterocycles. The quantitative estimate of drug-likeness (QED) is 0.412. The number of amides is 1. The van der Waals surface area contributed by atoms with Crippen LogP contribution in [-0.2, 0) is 10.0 Å². The Bertz CT molecular complexity index is 1480. The molecule has 0 spiro atoms. The minimum absolute atomic E-state index is 0.128. The maximum atomic E-state index is 12.9. The number of carbonyl (C=O) groups is 1. The first-order valence-corrected chi connectivity index (χ1v) is 12.7. The van der Waals surface area contributed by atoms with Crippen molar-refractivity contribution in [2.24, 2.45) is 0 Å². The number of benzene rings is 1. The number of nitrogens with one attached hydrogen (secondary N) is 1. The lowest BCUT2D eigenvalue weighted by Crippen LogP contribution is -2.49. The molecule has 1 amide bonds. The number of rotatable bonds is 7. The van der Waals surface area contributed by atoms with Gasteiger partial charge in [0.1, 0.15) is 11.3 Å². The molecule has 0 saturated carbocycles. The highest BCUT2D eigenvalue weighted by Crippen LogP contribution is 2.32. The molecule has 1 aliphatic rings. The van der Waals surface area contributed by atoms with E-state index in [2.05, 4.69) is 20.4 Å². The van der Waals surface area contributed by atoms with Crippen molar-refractivity contribution in [1.29, 1.82) is 0 Å². The summed E-state index contributed by atoms with van der Waals surface area (Å²) in [5.74, 6) is 0.323. The van der Waals surface area contributed by atoms with Gasteiger partial charge in [0.05, 0.1) is 28.6 Å². The van der Waals surface area contributed by atoms with E-state index in [1.54, 1.807) is 34.9 Å². The normalized spacial score (nSPS) is 14.9. The van der Waals surface area contributed by atoms with E-state index in [-0.39, 0.29) is 17.6 Å². The fourth-order valence-electron chi connectivity index (χ4n) is 3.77. The molecule has 176 valence electrons. The van der Waals surface area contributed by atoms with E-state index in [0.29, 0.717) is 58.8 Å². The van der Waals surface area contributed by atoms with Gasteiger partial charge in [0.2, 0.25) is 21.7 Å². The second-order valence-electron chi connectivity index (χ2n) is 8.01. The van der Waals surface area contributed by atoms with Gasteiger partial charge in [0, 0.05) is 24.8 Å². The Labute approximate surface area is 200 Å². The van der Waals surface area contributed by atoms with Gasteiger partial charge in [-0.3, -0.25) is 9.20 Å². The first-order valence-electron chi connectivity index (χ1n) is 10.7. The van der Waals surface area contributed by atoms with E-state index in [1.807, 2.05) is 19.1 Å². The van der Waals surface area contributed by atoms with E-state index in [0.717, 1.165) is 0 Å². The van der Waals surface area contributed by atoms with Crippen molar-refractivity contribution in [3.63, 3.8) is 0 Å². The number of aromatic nitrogens is 4. The predicted molar refractivity (Wildman–Crippen MR) is 126 cm³/mol. The molecule has 0 bridgehead atoms. The lowest BCUT2D eigenvalue weighted by molar-refractivity contribution is 0.102. The average molecular weight is 501 g/mol. The summed E-state index contributed by atoms with van der Waals surface area (Å²) in [7, 11) is -3.23. The minimum atomic E-state index is -3.23. The zero-order chi connectivity index (χ0) is 23.9. The van der Waals surface area contributed by atoms with Crippen LogP contribution in [0.15, 0.2) is 53.3 Å². The van der Waals surface area contributed by atoms with Crippen LogP contribution in [0.1, 0.15) is 35.6 Å². The number of imidazole rings is 1. The van der Waals surface area contributed by atoms with Crippen LogP contribution in [0.4, 0.5) is 5.69 Å². The predicted octanol–water partition coefficient (Wildman–Crippen LogP) is 3.43. The van der Waals surface area contributed by atoms with Crippen molar-refractivity contribution in [1.82, 2.24) is 23.8 Å². The number of sulfonamides is 1. The van der Waals surface area contributed by atoms with Gasteiger partial charge in [-0.25, -0.2) is 17.7 Å². The molecule has 10 nitrogen and oxygen atoms in total. The largest absolute Gasteiger partial charge is 0.339 e.